The zero-order valence-electron chi connectivity index (χ0n) is 12.0. The Bertz CT molecular complexity index is 595. The summed E-state index contributed by atoms with van der Waals surface area (Å²) in [5, 5.41) is 3.11. The molecule has 112 valence electrons. The molecule has 1 aromatic carbocycles. The molecule has 2 rings (SSSR count). The molecule has 0 saturated carbocycles. The maximum Gasteiger partial charge on any atom is 0.330 e. The maximum absolute atomic E-state index is 5.68. The van der Waals surface area contributed by atoms with Gasteiger partial charge in [-0.2, -0.15) is 9.97 Å². The fourth-order valence-corrected chi connectivity index (χ4v) is 2.04. The van der Waals surface area contributed by atoms with Crippen LogP contribution in [0.3, 0.4) is 0 Å². The largest absolute Gasteiger partial charge is 0.464 e. The Labute approximate surface area is 137 Å². The van der Waals surface area contributed by atoms with Crippen LogP contribution in [0, 0.1) is 3.57 Å². The van der Waals surface area contributed by atoms with E-state index in [1.54, 1.807) is 0 Å². The normalized spacial score (nSPS) is 10.2. The van der Waals surface area contributed by atoms with Crippen molar-refractivity contribution >= 4 is 28.5 Å². The van der Waals surface area contributed by atoms with Crippen molar-refractivity contribution in [2.45, 2.75) is 20.3 Å². The lowest BCUT2D eigenvalue weighted by Gasteiger charge is -2.09. The van der Waals surface area contributed by atoms with Gasteiger partial charge in [-0.15, -0.1) is 4.98 Å². The van der Waals surface area contributed by atoms with E-state index >= 15 is 0 Å². The molecule has 0 aliphatic carbocycles. The van der Waals surface area contributed by atoms with Crippen LogP contribution in [0.15, 0.2) is 24.3 Å². The van der Waals surface area contributed by atoms with E-state index in [0.29, 0.717) is 18.3 Å². The van der Waals surface area contributed by atoms with Crippen LogP contribution >= 0.6 is 22.6 Å². The number of nitrogens with one attached hydrogen (secondary N) is 1. The van der Waals surface area contributed by atoms with E-state index in [9.17, 15) is 0 Å². The van der Waals surface area contributed by atoms with Crippen LogP contribution in [0.5, 0.6) is 17.8 Å². The summed E-state index contributed by atoms with van der Waals surface area (Å²) in [5.74, 6) is 1.13. The third-order valence-corrected chi connectivity index (χ3v) is 3.08. The van der Waals surface area contributed by atoms with Crippen molar-refractivity contribution in [3.8, 4) is 17.8 Å². The lowest BCUT2D eigenvalue weighted by molar-refractivity contribution is 0.304. The number of rotatable bonds is 7. The third-order valence-electron chi connectivity index (χ3n) is 2.41. The minimum atomic E-state index is 0.217. The molecule has 0 spiro atoms. The Hall–Kier alpha value is -1.64. The summed E-state index contributed by atoms with van der Waals surface area (Å²) in [6.45, 7) is 5.21. The van der Waals surface area contributed by atoms with Crippen LogP contribution in [0.1, 0.15) is 20.3 Å². The van der Waals surface area contributed by atoms with Gasteiger partial charge in [0.25, 0.3) is 0 Å². The highest BCUT2D eigenvalue weighted by Crippen LogP contribution is 2.22. The van der Waals surface area contributed by atoms with Gasteiger partial charge in [0, 0.05) is 10.1 Å². The number of nitrogens with zero attached hydrogens (tertiary/aromatic N) is 3. The van der Waals surface area contributed by atoms with E-state index in [1.807, 2.05) is 31.2 Å². The predicted molar refractivity (Wildman–Crippen MR) is 89.0 cm³/mol. The van der Waals surface area contributed by atoms with Crippen molar-refractivity contribution in [2.24, 2.45) is 0 Å². The van der Waals surface area contributed by atoms with Crippen molar-refractivity contribution in [3.63, 3.8) is 0 Å². The van der Waals surface area contributed by atoms with Gasteiger partial charge in [0.05, 0.1) is 6.61 Å². The summed E-state index contributed by atoms with van der Waals surface area (Å²) < 4.78 is 12.1. The van der Waals surface area contributed by atoms with Gasteiger partial charge in [0.2, 0.25) is 5.95 Å². The first-order chi connectivity index (χ1) is 10.2. The number of halogens is 1. The molecular weight excluding hydrogens is 383 g/mol. The second-order valence-corrected chi connectivity index (χ2v) is 5.39. The average Bonchev–Trinajstić information content (AvgIpc) is 2.45. The molecule has 6 nitrogen and oxygen atoms in total. The minimum Gasteiger partial charge on any atom is -0.464 e. The van der Waals surface area contributed by atoms with E-state index < -0.39 is 0 Å². The summed E-state index contributed by atoms with van der Waals surface area (Å²) in [6.07, 6.45) is 0.975. The van der Waals surface area contributed by atoms with E-state index in [0.717, 1.165) is 16.5 Å². The van der Waals surface area contributed by atoms with Gasteiger partial charge < -0.3 is 14.8 Å². The molecule has 7 heteroatoms. The molecule has 1 heterocycles. The minimum absolute atomic E-state index is 0.217. The molecule has 21 heavy (non-hydrogen) atoms. The van der Waals surface area contributed by atoms with Crippen LogP contribution in [-0.4, -0.2) is 28.1 Å². The number of benzene rings is 1. The molecule has 0 amide bonds. The first-order valence-corrected chi connectivity index (χ1v) is 7.85. The lowest BCUT2D eigenvalue weighted by atomic mass is 10.3. The van der Waals surface area contributed by atoms with E-state index in [2.05, 4.69) is 49.8 Å². The Kier molecular flexibility index (Phi) is 5.97. The molecular formula is C14H17IN4O2. The number of anilines is 1. The maximum atomic E-state index is 5.68. The Morgan fingerprint density at radius 3 is 2.67 bits per heavy atom. The van der Waals surface area contributed by atoms with Crippen molar-refractivity contribution in [1.29, 1.82) is 0 Å². The molecule has 2 aromatic rings. The number of hydrogen-bond acceptors (Lipinski definition) is 6. The Balaban J connectivity index is 2.22. The standard InChI is InChI=1S/C14H17IN4O2/c1-3-8-16-12-17-13(20-4-2)19-14(18-12)21-11-7-5-6-10(15)9-11/h5-7,9H,3-4,8H2,1-2H3,(H,16,17,18,19). The summed E-state index contributed by atoms with van der Waals surface area (Å²) >= 11 is 2.22. The Morgan fingerprint density at radius 1 is 1.14 bits per heavy atom. The molecule has 0 atom stereocenters. The fraction of sp³-hybridized carbons (Fsp3) is 0.357. The summed E-state index contributed by atoms with van der Waals surface area (Å²) in [6, 6.07) is 8.13. The monoisotopic (exact) mass is 400 g/mol. The van der Waals surface area contributed by atoms with Crippen molar-refractivity contribution in [2.75, 3.05) is 18.5 Å². The highest BCUT2D eigenvalue weighted by Gasteiger charge is 2.09. The second-order valence-electron chi connectivity index (χ2n) is 4.14. The number of ether oxygens (including phenoxy) is 2. The molecule has 1 N–H and O–H groups in total. The van der Waals surface area contributed by atoms with Crippen molar-refractivity contribution in [1.82, 2.24) is 15.0 Å². The van der Waals surface area contributed by atoms with E-state index in [1.165, 1.54) is 0 Å². The lowest BCUT2D eigenvalue weighted by Crippen LogP contribution is -2.08. The summed E-state index contributed by atoms with van der Waals surface area (Å²) in [5.41, 5.74) is 0. The van der Waals surface area contributed by atoms with Gasteiger partial charge in [-0.05, 0) is 54.1 Å². The molecule has 0 radical (unpaired) electrons. The summed E-state index contributed by atoms with van der Waals surface area (Å²) in [7, 11) is 0. The topological polar surface area (TPSA) is 69.2 Å². The predicted octanol–water partition coefficient (Wildman–Crippen LogP) is 3.49. The SMILES string of the molecule is CCCNc1nc(OCC)nc(Oc2cccc(I)c2)n1. The molecule has 0 saturated heterocycles. The second kappa shape index (κ2) is 7.96. The molecule has 0 unspecified atom stereocenters. The van der Waals surface area contributed by atoms with Crippen LogP contribution in [0.25, 0.3) is 0 Å². The molecule has 0 aliphatic heterocycles. The van der Waals surface area contributed by atoms with Crippen molar-refractivity contribution < 1.29 is 9.47 Å². The first-order valence-electron chi connectivity index (χ1n) is 6.77. The quantitative estimate of drug-likeness (QED) is 0.718. The summed E-state index contributed by atoms with van der Waals surface area (Å²) in [4.78, 5) is 12.6. The number of aromatic nitrogens is 3. The van der Waals surface area contributed by atoms with Crippen LogP contribution in [0.4, 0.5) is 5.95 Å². The smallest absolute Gasteiger partial charge is 0.330 e. The van der Waals surface area contributed by atoms with Crippen molar-refractivity contribution in [3.05, 3.63) is 27.8 Å². The van der Waals surface area contributed by atoms with Gasteiger partial charge >= 0.3 is 12.0 Å². The first kappa shape index (κ1) is 15.7. The van der Waals surface area contributed by atoms with Crippen LogP contribution < -0.4 is 14.8 Å². The average molecular weight is 400 g/mol. The molecule has 0 bridgehead atoms. The number of hydrogen-bond donors (Lipinski definition) is 1. The highest BCUT2D eigenvalue weighted by atomic mass is 127. The van der Waals surface area contributed by atoms with Gasteiger partial charge in [-0.1, -0.05) is 13.0 Å². The molecule has 0 aliphatic rings. The van der Waals surface area contributed by atoms with E-state index in [-0.39, 0.29) is 12.0 Å². The highest BCUT2D eigenvalue weighted by molar-refractivity contribution is 14.1. The molecule has 1 aromatic heterocycles. The van der Waals surface area contributed by atoms with Gasteiger partial charge in [-0.25, -0.2) is 0 Å². The Morgan fingerprint density at radius 2 is 1.95 bits per heavy atom. The third kappa shape index (κ3) is 5.00. The van der Waals surface area contributed by atoms with Crippen LogP contribution in [-0.2, 0) is 0 Å². The zero-order chi connectivity index (χ0) is 15.1. The van der Waals surface area contributed by atoms with E-state index in [4.69, 9.17) is 9.47 Å². The van der Waals surface area contributed by atoms with Crippen LogP contribution in [0.2, 0.25) is 0 Å². The molecule has 0 fully saturated rings. The van der Waals surface area contributed by atoms with Gasteiger partial charge in [-0.3, -0.25) is 0 Å². The van der Waals surface area contributed by atoms with Gasteiger partial charge in [0.15, 0.2) is 0 Å². The zero-order valence-corrected chi connectivity index (χ0v) is 14.1. The fourth-order valence-electron chi connectivity index (χ4n) is 1.53. The van der Waals surface area contributed by atoms with Gasteiger partial charge in [0.1, 0.15) is 5.75 Å².